The number of halogens is 1. The SMILES string of the molecule is CCCC(c1cccs1)n1c(C)nnc1Cl. The number of aromatic nitrogens is 3. The molecule has 0 fully saturated rings. The van der Waals surface area contributed by atoms with Crippen LogP contribution >= 0.6 is 22.9 Å². The van der Waals surface area contributed by atoms with E-state index in [2.05, 4.69) is 34.6 Å². The molecule has 5 heteroatoms. The van der Waals surface area contributed by atoms with Crippen LogP contribution in [-0.2, 0) is 0 Å². The predicted octanol–water partition coefficient (Wildman–Crippen LogP) is 3.69. The molecule has 3 nitrogen and oxygen atoms in total. The Hall–Kier alpha value is -0.870. The highest BCUT2D eigenvalue weighted by Gasteiger charge is 2.19. The maximum absolute atomic E-state index is 6.09. The van der Waals surface area contributed by atoms with E-state index >= 15 is 0 Å². The summed E-state index contributed by atoms with van der Waals surface area (Å²) in [5.41, 5.74) is 0. The third kappa shape index (κ3) is 2.13. The molecular formula is C11H14ClN3S. The van der Waals surface area contributed by atoms with Gasteiger partial charge in [-0.1, -0.05) is 19.4 Å². The van der Waals surface area contributed by atoms with E-state index in [0.29, 0.717) is 5.28 Å². The van der Waals surface area contributed by atoms with Gasteiger partial charge in [-0.3, -0.25) is 4.57 Å². The van der Waals surface area contributed by atoms with Crippen molar-refractivity contribution in [2.24, 2.45) is 0 Å². The lowest BCUT2D eigenvalue weighted by Gasteiger charge is -2.18. The van der Waals surface area contributed by atoms with Crippen LogP contribution in [0.1, 0.15) is 36.5 Å². The third-order valence-corrected chi connectivity index (χ3v) is 3.80. The van der Waals surface area contributed by atoms with Gasteiger partial charge >= 0.3 is 0 Å². The molecule has 1 unspecified atom stereocenters. The van der Waals surface area contributed by atoms with Crippen LogP contribution in [0.4, 0.5) is 0 Å². The summed E-state index contributed by atoms with van der Waals surface area (Å²) in [6, 6.07) is 4.48. The Morgan fingerprint density at radius 1 is 1.50 bits per heavy atom. The first kappa shape index (κ1) is 11.6. The van der Waals surface area contributed by atoms with Crippen LogP contribution in [-0.4, -0.2) is 14.8 Å². The molecule has 0 saturated heterocycles. The Labute approximate surface area is 104 Å². The van der Waals surface area contributed by atoms with Gasteiger partial charge in [-0.2, -0.15) is 0 Å². The van der Waals surface area contributed by atoms with Gasteiger partial charge in [-0.25, -0.2) is 0 Å². The third-order valence-electron chi connectivity index (χ3n) is 2.57. The summed E-state index contributed by atoms with van der Waals surface area (Å²) in [7, 11) is 0. The zero-order chi connectivity index (χ0) is 11.5. The second-order valence-corrected chi connectivity index (χ2v) is 5.02. The molecule has 0 radical (unpaired) electrons. The molecule has 0 N–H and O–H groups in total. The average Bonchev–Trinajstić information content (AvgIpc) is 2.87. The van der Waals surface area contributed by atoms with Gasteiger partial charge in [-0.15, -0.1) is 21.5 Å². The fourth-order valence-electron chi connectivity index (χ4n) is 1.85. The van der Waals surface area contributed by atoms with E-state index in [1.807, 2.05) is 11.5 Å². The largest absolute Gasteiger partial charge is 0.294 e. The van der Waals surface area contributed by atoms with Crippen molar-refractivity contribution in [2.45, 2.75) is 32.7 Å². The van der Waals surface area contributed by atoms with Crippen molar-refractivity contribution in [1.29, 1.82) is 0 Å². The molecule has 2 aromatic heterocycles. The second-order valence-electron chi connectivity index (χ2n) is 3.71. The van der Waals surface area contributed by atoms with Gasteiger partial charge < -0.3 is 0 Å². The minimum atomic E-state index is 0.271. The quantitative estimate of drug-likeness (QED) is 0.834. The van der Waals surface area contributed by atoms with E-state index in [-0.39, 0.29) is 6.04 Å². The Morgan fingerprint density at radius 2 is 2.31 bits per heavy atom. The normalized spacial score (nSPS) is 12.9. The Bertz CT molecular complexity index is 430. The molecule has 0 aliphatic rings. The maximum atomic E-state index is 6.09. The first-order valence-corrected chi connectivity index (χ1v) is 6.60. The molecule has 0 aromatic carbocycles. The number of thiophene rings is 1. The molecule has 16 heavy (non-hydrogen) atoms. The fourth-order valence-corrected chi connectivity index (χ4v) is 2.98. The smallest absolute Gasteiger partial charge is 0.225 e. The summed E-state index contributed by atoms with van der Waals surface area (Å²) in [6.07, 6.45) is 2.16. The van der Waals surface area contributed by atoms with Gasteiger partial charge in [0.05, 0.1) is 6.04 Å². The molecule has 0 spiro atoms. The molecule has 86 valence electrons. The Morgan fingerprint density at radius 3 is 2.81 bits per heavy atom. The molecule has 0 aliphatic carbocycles. The van der Waals surface area contributed by atoms with Gasteiger partial charge in [-0.05, 0) is 36.4 Å². The molecule has 2 heterocycles. The van der Waals surface area contributed by atoms with E-state index in [0.717, 1.165) is 18.7 Å². The molecule has 0 bridgehead atoms. The van der Waals surface area contributed by atoms with Gasteiger partial charge in [0.25, 0.3) is 0 Å². The fraction of sp³-hybridized carbons (Fsp3) is 0.455. The number of hydrogen-bond donors (Lipinski definition) is 0. The highest BCUT2D eigenvalue weighted by molar-refractivity contribution is 7.10. The van der Waals surface area contributed by atoms with Crippen molar-refractivity contribution in [3.8, 4) is 0 Å². The van der Waals surface area contributed by atoms with Gasteiger partial charge in [0.2, 0.25) is 5.28 Å². The minimum absolute atomic E-state index is 0.271. The van der Waals surface area contributed by atoms with Gasteiger partial charge in [0.15, 0.2) is 0 Å². The molecule has 2 aromatic rings. The van der Waals surface area contributed by atoms with Crippen LogP contribution in [0.15, 0.2) is 17.5 Å². The van der Waals surface area contributed by atoms with E-state index in [9.17, 15) is 0 Å². The van der Waals surface area contributed by atoms with Gasteiger partial charge in [0.1, 0.15) is 5.82 Å². The monoisotopic (exact) mass is 255 g/mol. The maximum Gasteiger partial charge on any atom is 0.225 e. The minimum Gasteiger partial charge on any atom is -0.294 e. The van der Waals surface area contributed by atoms with E-state index in [4.69, 9.17) is 11.6 Å². The van der Waals surface area contributed by atoms with Crippen molar-refractivity contribution >= 4 is 22.9 Å². The number of nitrogens with zero attached hydrogens (tertiary/aromatic N) is 3. The van der Waals surface area contributed by atoms with Crippen molar-refractivity contribution in [2.75, 3.05) is 0 Å². The highest BCUT2D eigenvalue weighted by atomic mass is 35.5. The zero-order valence-electron chi connectivity index (χ0n) is 9.35. The number of rotatable bonds is 4. The molecular weight excluding hydrogens is 242 g/mol. The lowest BCUT2D eigenvalue weighted by atomic mass is 10.1. The van der Waals surface area contributed by atoms with Crippen LogP contribution < -0.4 is 0 Å². The van der Waals surface area contributed by atoms with Crippen LogP contribution in [0.5, 0.6) is 0 Å². The van der Waals surface area contributed by atoms with Crippen molar-refractivity contribution in [3.05, 3.63) is 33.5 Å². The first-order chi connectivity index (χ1) is 7.74. The van der Waals surface area contributed by atoms with Crippen molar-refractivity contribution in [1.82, 2.24) is 14.8 Å². The summed E-state index contributed by atoms with van der Waals surface area (Å²) in [4.78, 5) is 1.31. The summed E-state index contributed by atoms with van der Waals surface area (Å²) in [5, 5.41) is 10.5. The zero-order valence-corrected chi connectivity index (χ0v) is 10.9. The molecule has 1 atom stereocenters. The van der Waals surface area contributed by atoms with Crippen LogP contribution in [0, 0.1) is 6.92 Å². The van der Waals surface area contributed by atoms with Crippen LogP contribution in [0.2, 0.25) is 5.28 Å². The highest BCUT2D eigenvalue weighted by Crippen LogP contribution is 2.30. The van der Waals surface area contributed by atoms with E-state index in [1.54, 1.807) is 11.3 Å². The summed E-state index contributed by atoms with van der Waals surface area (Å²) in [5.74, 6) is 0.872. The van der Waals surface area contributed by atoms with Crippen molar-refractivity contribution < 1.29 is 0 Å². The Kier molecular flexibility index (Phi) is 3.61. The topological polar surface area (TPSA) is 30.7 Å². The van der Waals surface area contributed by atoms with Crippen LogP contribution in [0.25, 0.3) is 0 Å². The molecule has 0 aliphatic heterocycles. The van der Waals surface area contributed by atoms with Gasteiger partial charge in [0, 0.05) is 4.88 Å². The number of hydrogen-bond acceptors (Lipinski definition) is 3. The Balaban J connectivity index is 2.40. The summed E-state index contributed by atoms with van der Waals surface area (Å²) in [6.45, 7) is 4.11. The lowest BCUT2D eigenvalue weighted by molar-refractivity contribution is 0.529. The molecule has 0 saturated carbocycles. The predicted molar refractivity (Wildman–Crippen MR) is 67.1 cm³/mol. The molecule has 0 amide bonds. The number of aryl methyl sites for hydroxylation is 1. The summed E-state index contributed by atoms with van der Waals surface area (Å²) >= 11 is 7.84. The summed E-state index contributed by atoms with van der Waals surface area (Å²) < 4.78 is 2.01. The lowest BCUT2D eigenvalue weighted by Crippen LogP contribution is -2.11. The van der Waals surface area contributed by atoms with Crippen LogP contribution in [0.3, 0.4) is 0 Å². The van der Waals surface area contributed by atoms with Crippen molar-refractivity contribution in [3.63, 3.8) is 0 Å². The van der Waals surface area contributed by atoms with E-state index < -0.39 is 0 Å². The standard InChI is InChI=1S/C11H14ClN3S/c1-3-5-9(10-6-4-7-16-10)15-8(2)13-14-11(15)12/h4,6-7,9H,3,5H2,1-2H3. The molecule has 2 rings (SSSR count). The first-order valence-electron chi connectivity index (χ1n) is 5.34. The van der Waals surface area contributed by atoms with E-state index in [1.165, 1.54) is 4.88 Å². The average molecular weight is 256 g/mol. The second kappa shape index (κ2) is 4.97.